The van der Waals surface area contributed by atoms with Crippen LogP contribution in [0.5, 0.6) is 0 Å². The Morgan fingerprint density at radius 2 is 2.13 bits per heavy atom. The van der Waals surface area contributed by atoms with E-state index < -0.39 is 0 Å². The van der Waals surface area contributed by atoms with Crippen LogP contribution in [0.25, 0.3) is 11.0 Å². The van der Waals surface area contributed by atoms with Gasteiger partial charge < -0.3 is 14.2 Å². The second-order valence-corrected chi connectivity index (χ2v) is 7.27. The maximum atomic E-state index is 6.00. The molecule has 0 bridgehead atoms. The highest BCUT2D eigenvalue weighted by molar-refractivity contribution is 5.81. The van der Waals surface area contributed by atoms with Crippen molar-refractivity contribution in [1.29, 1.82) is 0 Å². The first kappa shape index (κ1) is 15.2. The van der Waals surface area contributed by atoms with Gasteiger partial charge in [0, 0.05) is 55.9 Å². The van der Waals surface area contributed by atoms with Crippen LogP contribution in [0.1, 0.15) is 30.6 Å². The van der Waals surface area contributed by atoms with Crippen LogP contribution in [-0.4, -0.2) is 54.6 Å². The number of furan rings is 1. The van der Waals surface area contributed by atoms with Crippen molar-refractivity contribution in [3.63, 3.8) is 0 Å². The fourth-order valence-corrected chi connectivity index (χ4v) is 4.11. The number of rotatable bonds is 4. The summed E-state index contributed by atoms with van der Waals surface area (Å²) in [6.07, 6.45) is 10.0. The number of likely N-dealkylation sites (N-methyl/N-ethyl adjacent to an activating group) is 1. The van der Waals surface area contributed by atoms with Crippen LogP contribution in [0.15, 0.2) is 22.9 Å². The fourth-order valence-electron chi connectivity index (χ4n) is 4.11. The van der Waals surface area contributed by atoms with Crippen molar-refractivity contribution in [1.82, 2.24) is 14.8 Å². The maximum Gasteiger partial charge on any atom is 0.137 e. The summed E-state index contributed by atoms with van der Waals surface area (Å²) in [5.74, 6) is 2.03. The highest BCUT2D eigenvalue weighted by atomic mass is 16.3. The van der Waals surface area contributed by atoms with Gasteiger partial charge in [-0.15, -0.1) is 0 Å². The van der Waals surface area contributed by atoms with Crippen LogP contribution < -0.4 is 0 Å². The van der Waals surface area contributed by atoms with Gasteiger partial charge in [0.25, 0.3) is 0 Å². The third-order valence-electron chi connectivity index (χ3n) is 5.63. The van der Waals surface area contributed by atoms with E-state index in [0.29, 0.717) is 0 Å². The van der Waals surface area contributed by atoms with Crippen molar-refractivity contribution in [2.24, 2.45) is 5.92 Å². The lowest BCUT2D eigenvalue weighted by molar-refractivity contribution is 0.149. The molecule has 2 aliphatic rings. The number of piperazine rings is 1. The zero-order chi connectivity index (χ0) is 15.6. The van der Waals surface area contributed by atoms with Gasteiger partial charge in [0.15, 0.2) is 0 Å². The zero-order valence-corrected chi connectivity index (χ0v) is 14.1. The molecule has 0 amide bonds. The van der Waals surface area contributed by atoms with Crippen molar-refractivity contribution < 1.29 is 4.42 Å². The van der Waals surface area contributed by atoms with Crippen LogP contribution in [0.4, 0.5) is 0 Å². The Bertz CT molecular complexity index is 658. The second kappa shape index (κ2) is 6.62. The van der Waals surface area contributed by atoms with Crippen LogP contribution >= 0.6 is 0 Å². The van der Waals surface area contributed by atoms with E-state index in [1.54, 1.807) is 0 Å². The molecule has 3 heterocycles. The predicted octanol–water partition coefficient (Wildman–Crippen LogP) is 2.96. The Labute approximate surface area is 138 Å². The van der Waals surface area contributed by atoms with Crippen LogP contribution in [0.3, 0.4) is 0 Å². The summed E-state index contributed by atoms with van der Waals surface area (Å²) >= 11 is 0. The Hall–Kier alpha value is -1.39. The highest BCUT2D eigenvalue weighted by Crippen LogP contribution is 2.35. The Balaban J connectivity index is 1.32. The van der Waals surface area contributed by atoms with Crippen LogP contribution in [0.2, 0.25) is 0 Å². The lowest BCUT2D eigenvalue weighted by Crippen LogP contribution is -2.44. The number of nitrogens with zero attached hydrogens (tertiary/aromatic N) is 3. The first-order valence-electron chi connectivity index (χ1n) is 9.05. The molecular weight excluding hydrogens is 286 g/mol. The van der Waals surface area contributed by atoms with E-state index in [2.05, 4.69) is 21.8 Å². The Morgan fingerprint density at radius 1 is 1.26 bits per heavy atom. The topological polar surface area (TPSA) is 32.5 Å². The van der Waals surface area contributed by atoms with E-state index in [0.717, 1.165) is 17.9 Å². The number of hydrogen-bond donors (Lipinski definition) is 0. The van der Waals surface area contributed by atoms with Crippen molar-refractivity contribution in [3.05, 3.63) is 29.8 Å². The van der Waals surface area contributed by atoms with Gasteiger partial charge in [0.2, 0.25) is 0 Å². The summed E-state index contributed by atoms with van der Waals surface area (Å²) in [5.41, 5.74) is 2.45. The summed E-state index contributed by atoms with van der Waals surface area (Å²) in [7, 11) is 2.22. The molecule has 2 aromatic rings. The van der Waals surface area contributed by atoms with Crippen molar-refractivity contribution in [3.8, 4) is 0 Å². The molecule has 0 saturated carbocycles. The summed E-state index contributed by atoms with van der Waals surface area (Å²) in [6, 6.07) is 2.00. The van der Waals surface area contributed by atoms with E-state index in [9.17, 15) is 0 Å². The monoisotopic (exact) mass is 313 g/mol. The normalized spacial score (nSPS) is 23.3. The molecule has 4 nitrogen and oxygen atoms in total. The molecule has 0 N–H and O–H groups in total. The third kappa shape index (κ3) is 3.29. The highest BCUT2D eigenvalue weighted by Gasteiger charge is 2.24. The number of fused-ring (bicyclic) bond motifs is 3. The largest absolute Gasteiger partial charge is 0.461 e. The number of pyridine rings is 1. The molecule has 4 heteroatoms. The molecule has 1 saturated heterocycles. The lowest BCUT2D eigenvalue weighted by Gasteiger charge is -2.32. The van der Waals surface area contributed by atoms with Gasteiger partial charge in [-0.1, -0.05) is 0 Å². The summed E-state index contributed by atoms with van der Waals surface area (Å²) in [6.45, 7) is 6.19. The van der Waals surface area contributed by atoms with E-state index >= 15 is 0 Å². The van der Waals surface area contributed by atoms with Gasteiger partial charge in [-0.25, -0.2) is 0 Å². The minimum atomic E-state index is 0.816. The van der Waals surface area contributed by atoms with Gasteiger partial charge >= 0.3 is 0 Å². The van der Waals surface area contributed by atoms with Crippen molar-refractivity contribution in [2.75, 3.05) is 39.8 Å². The van der Waals surface area contributed by atoms with Gasteiger partial charge in [0.1, 0.15) is 11.3 Å². The van der Waals surface area contributed by atoms with Crippen molar-refractivity contribution in [2.45, 2.75) is 32.1 Å². The molecule has 1 aliphatic carbocycles. The van der Waals surface area contributed by atoms with E-state index in [1.807, 2.05) is 18.5 Å². The number of aromatic nitrogens is 1. The molecule has 1 aliphatic heterocycles. The maximum absolute atomic E-state index is 6.00. The molecule has 1 unspecified atom stereocenters. The summed E-state index contributed by atoms with van der Waals surface area (Å²) < 4.78 is 6.00. The van der Waals surface area contributed by atoms with Gasteiger partial charge in [-0.3, -0.25) is 4.98 Å². The average Bonchev–Trinajstić information content (AvgIpc) is 2.95. The van der Waals surface area contributed by atoms with E-state index in [4.69, 9.17) is 4.42 Å². The zero-order valence-electron chi connectivity index (χ0n) is 14.1. The molecule has 0 radical (unpaired) electrons. The molecule has 124 valence electrons. The average molecular weight is 313 g/mol. The summed E-state index contributed by atoms with van der Waals surface area (Å²) in [5, 5.41) is 1.24. The smallest absolute Gasteiger partial charge is 0.137 e. The molecular formula is C19H27N3O. The number of hydrogen-bond acceptors (Lipinski definition) is 4. The van der Waals surface area contributed by atoms with Gasteiger partial charge in [-0.05, 0) is 51.3 Å². The Kier molecular flexibility index (Phi) is 4.36. The standard InChI is InChI=1S/C19H27N3O/c1-21-9-11-22(12-10-21)8-2-3-15-4-5-18-16(13-15)17-14-20-7-6-19(17)23-18/h6-7,14-15H,2-5,8-13H2,1H3. The molecule has 2 aromatic heterocycles. The number of aryl methyl sites for hydroxylation is 1. The first-order valence-corrected chi connectivity index (χ1v) is 9.05. The van der Waals surface area contributed by atoms with E-state index in [1.165, 1.54) is 75.1 Å². The summed E-state index contributed by atoms with van der Waals surface area (Å²) in [4.78, 5) is 9.34. The minimum absolute atomic E-state index is 0.816. The predicted molar refractivity (Wildman–Crippen MR) is 92.7 cm³/mol. The van der Waals surface area contributed by atoms with Crippen LogP contribution in [-0.2, 0) is 12.8 Å². The third-order valence-corrected chi connectivity index (χ3v) is 5.63. The van der Waals surface area contributed by atoms with Crippen LogP contribution in [0, 0.1) is 5.92 Å². The first-order chi connectivity index (χ1) is 11.3. The van der Waals surface area contributed by atoms with Gasteiger partial charge in [0.05, 0.1) is 0 Å². The molecule has 1 fully saturated rings. The molecule has 23 heavy (non-hydrogen) atoms. The lowest BCUT2D eigenvalue weighted by atomic mass is 9.84. The molecule has 4 rings (SSSR count). The SMILES string of the molecule is CN1CCN(CCCC2CCc3oc4ccncc4c3C2)CC1. The minimum Gasteiger partial charge on any atom is -0.461 e. The quantitative estimate of drug-likeness (QED) is 0.869. The molecule has 0 spiro atoms. The second-order valence-electron chi connectivity index (χ2n) is 7.27. The van der Waals surface area contributed by atoms with Crippen molar-refractivity contribution >= 4 is 11.0 Å². The Morgan fingerprint density at radius 3 is 3.00 bits per heavy atom. The fraction of sp³-hybridized carbons (Fsp3) is 0.632. The molecule has 0 aromatic carbocycles. The van der Waals surface area contributed by atoms with E-state index in [-0.39, 0.29) is 0 Å². The van der Waals surface area contributed by atoms with Gasteiger partial charge in [-0.2, -0.15) is 0 Å². The molecule has 1 atom stereocenters.